The van der Waals surface area contributed by atoms with E-state index in [-0.39, 0.29) is 11.9 Å². The van der Waals surface area contributed by atoms with E-state index in [9.17, 15) is 4.79 Å². The average molecular weight is 293 g/mol. The van der Waals surface area contributed by atoms with Gasteiger partial charge in [0.15, 0.2) is 0 Å². The standard InChI is InChI=1S/C20H23NO/c1-14-7-9-16(10-8-14)15(2)21-20(22)13-18-12-11-17-5-3-4-6-19(17)18/h3-10,15,18H,11-13H2,1-2H3,(H,21,22). The summed E-state index contributed by atoms with van der Waals surface area (Å²) in [6, 6.07) is 16.9. The predicted molar refractivity (Wildman–Crippen MR) is 89.9 cm³/mol. The monoisotopic (exact) mass is 293 g/mol. The minimum Gasteiger partial charge on any atom is -0.350 e. The lowest BCUT2D eigenvalue weighted by Crippen LogP contribution is -2.27. The molecule has 0 heterocycles. The quantitative estimate of drug-likeness (QED) is 0.895. The van der Waals surface area contributed by atoms with Crippen LogP contribution in [0.15, 0.2) is 48.5 Å². The van der Waals surface area contributed by atoms with Crippen LogP contribution in [0.25, 0.3) is 0 Å². The molecule has 0 aromatic heterocycles. The highest BCUT2D eigenvalue weighted by Crippen LogP contribution is 2.35. The fourth-order valence-electron chi connectivity index (χ4n) is 3.32. The lowest BCUT2D eigenvalue weighted by Gasteiger charge is -2.17. The molecule has 0 fully saturated rings. The van der Waals surface area contributed by atoms with Gasteiger partial charge < -0.3 is 5.32 Å². The number of hydrogen-bond donors (Lipinski definition) is 1. The second-order valence-electron chi connectivity index (χ2n) is 6.34. The summed E-state index contributed by atoms with van der Waals surface area (Å²) >= 11 is 0. The van der Waals surface area contributed by atoms with E-state index in [1.54, 1.807) is 0 Å². The number of hydrogen-bond acceptors (Lipinski definition) is 1. The van der Waals surface area contributed by atoms with Gasteiger partial charge in [0.05, 0.1) is 6.04 Å². The SMILES string of the molecule is Cc1ccc(C(C)NC(=O)CC2CCc3ccccc32)cc1. The van der Waals surface area contributed by atoms with Gasteiger partial charge in [-0.25, -0.2) is 0 Å². The van der Waals surface area contributed by atoms with Gasteiger partial charge in [-0.05, 0) is 49.3 Å². The molecule has 1 amide bonds. The van der Waals surface area contributed by atoms with Crippen LogP contribution in [0.1, 0.15) is 54.0 Å². The molecule has 0 radical (unpaired) electrons. The molecule has 2 atom stereocenters. The summed E-state index contributed by atoms with van der Waals surface area (Å²) < 4.78 is 0. The Balaban J connectivity index is 1.60. The highest BCUT2D eigenvalue weighted by Gasteiger charge is 2.24. The third-order valence-corrected chi connectivity index (χ3v) is 4.64. The molecule has 0 spiro atoms. The van der Waals surface area contributed by atoms with Crippen LogP contribution < -0.4 is 5.32 Å². The molecule has 1 aliphatic carbocycles. The maximum absolute atomic E-state index is 12.3. The zero-order chi connectivity index (χ0) is 15.5. The average Bonchev–Trinajstić information content (AvgIpc) is 2.91. The lowest BCUT2D eigenvalue weighted by atomic mass is 9.97. The number of rotatable bonds is 4. The van der Waals surface area contributed by atoms with E-state index in [2.05, 4.69) is 60.8 Å². The molecule has 2 aromatic carbocycles. The van der Waals surface area contributed by atoms with Gasteiger partial charge in [0.1, 0.15) is 0 Å². The van der Waals surface area contributed by atoms with Gasteiger partial charge >= 0.3 is 0 Å². The van der Waals surface area contributed by atoms with Gasteiger partial charge in [-0.3, -0.25) is 4.79 Å². The van der Waals surface area contributed by atoms with Crippen molar-refractivity contribution in [3.63, 3.8) is 0 Å². The summed E-state index contributed by atoms with van der Waals surface area (Å²) in [5.74, 6) is 0.524. The number of nitrogens with one attached hydrogen (secondary N) is 1. The third kappa shape index (κ3) is 3.22. The lowest BCUT2D eigenvalue weighted by molar-refractivity contribution is -0.122. The highest BCUT2D eigenvalue weighted by molar-refractivity contribution is 5.77. The number of fused-ring (bicyclic) bond motifs is 1. The molecular weight excluding hydrogens is 270 g/mol. The molecule has 0 saturated heterocycles. The van der Waals surface area contributed by atoms with E-state index in [0.717, 1.165) is 18.4 Å². The van der Waals surface area contributed by atoms with Crippen LogP contribution >= 0.6 is 0 Å². The first-order valence-electron chi connectivity index (χ1n) is 8.07. The normalized spacial score (nSPS) is 17.8. The van der Waals surface area contributed by atoms with Gasteiger partial charge in [0, 0.05) is 6.42 Å². The molecule has 1 N–H and O–H groups in total. The van der Waals surface area contributed by atoms with Crippen LogP contribution in [-0.2, 0) is 11.2 Å². The molecule has 2 unspecified atom stereocenters. The molecular formula is C20H23NO. The molecule has 2 nitrogen and oxygen atoms in total. The summed E-state index contributed by atoms with van der Waals surface area (Å²) in [6.07, 6.45) is 2.78. The Labute approximate surface area is 132 Å². The van der Waals surface area contributed by atoms with E-state index in [0.29, 0.717) is 12.3 Å². The number of carbonyl (C=O) groups is 1. The number of amides is 1. The first kappa shape index (κ1) is 14.8. The van der Waals surface area contributed by atoms with E-state index >= 15 is 0 Å². The van der Waals surface area contributed by atoms with E-state index < -0.39 is 0 Å². The minimum atomic E-state index is 0.0600. The van der Waals surface area contributed by atoms with E-state index in [1.807, 2.05) is 6.92 Å². The Morgan fingerprint density at radius 2 is 1.91 bits per heavy atom. The van der Waals surface area contributed by atoms with Crippen LogP contribution in [0.4, 0.5) is 0 Å². The van der Waals surface area contributed by atoms with Gasteiger partial charge in [-0.2, -0.15) is 0 Å². The van der Waals surface area contributed by atoms with Gasteiger partial charge in [0.2, 0.25) is 5.91 Å². The van der Waals surface area contributed by atoms with Crippen molar-refractivity contribution in [1.82, 2.24) is 5.32 Å². The Hall–Kier alpha value is -2.09. The van der Waals surface area contributed by atoms with Gasteiger partial charge in [0.25, 0.3) is 0 Å². The van der Waals surface area contributed by atoms with Crippen LogP contribution in [0.5, 0.6) is 0 Å². The van der Waals surface area contributed by atoms with Crippen molar-refractivity contribution < 1.29 is 4.79 Å². The maximum atomic E-state index is 12.3. The smallest absolute Gasteiger partial charge is 0.221 e. The molecule has 0 bridgehead atoms. The first-order chi connectivity index (χ1) is 10.6. The van der Waals surface area contributed by atoms with Crippen molar-refractivity contribution in [2.45, 2.75) is 45.1 Å². The summed E-state index contributed by atoms with van der Waals surface area (Å²) in [7, 11) is 0. The van der Waals surface area contributed by atoms with Crippen LogP contribution in [0, 0.1) is 6.92 Å². The Morgan fingerprint density at radius 3 is 2.68 bits per heavy atom. The first-order valence-corrected chi connectivity index (χ1v) is 8.07. The molecule has 0 saturated carbocycles. The fraction of sp³-hybridized carbons (Fsp3) is 0.350. The number of aryl methyl sites for hydroxylation is 2. The molecule has 2 aromatic rings. The second kappa shape index (κ2) is 6.35. The van der Waals surface area contributed by atoms with Crippen molar-refractivity contribution in [3.05, 3.63) is 70.8 Å². The van der Waals surface area contributed by atoms with Crippen molar-refractivity contribution in [2.75, 3.05) is 0 Å². The molecule has 22 heavy (non-hydrogen) atoms. The molecule has 114 valence electrons. The van der Waals surface area contributed by atoms with Crippen molar-refractivity contribution in [1.29, 1.82) is 0 Å². The minimum absolute atomic E-state index is 0.0600. The van der Waals surface area contributed by atoms with Crippen molar-refractivity contribution >= 4 is 5.91 Å². The third-order valence-electron chi connectivity index (χ3n) is 4.64. The van der Waals surface area contributed by atoms with E-state index in [1.165, 1.54) is 16.7 Å². The Kier molecular flexibility index (Phi) is 4.28. The zero-order valence-corrected chi connectivity index (χ0v) is 13.3. The van der Waals surface area contributed by atoms with Crippen LogP contribution in [0.2, 0.25) is 0 Å². The molecule has 2 heteroatoms. The molecule has 0 aliphatic heterocycles. The summed E-state index contributed by atoms with van der Waals surface area (Å²) in [5, 5.41) is 3.13. The topological polar surface area (TPSA) is 29.1 Å². The second-order valence-corrected chi connectivity index (χ2v) is 6.34. The van der Waals surface area contributed by atoms with Crippen molar-refractivity contribution in [3.8, 4) is 0 Å². The summed E-state index contributed by atoms with van der Waals surface area (Å²) in [5.41, 5.74) is 5.17. The molecule has 3 rings (SSSR count). The zero-order valence-electron chi connectivity index (χ0n) is 13.3. The Morgan fingerprint density at radius 1 is 1.18 bits per heavy atom. The van der Waals surface area contributed by atoms with Crippen LogP contribution in [0.3, 0.4) is 0 Å². The maximum Gasteiger partial charge on any atom is 0.221 e. The summed E-state index contributed by atoms with van der Waals surface area (Å²) in [6.45, 7) is 4.12. The fourth-order valence-corrected chi connectivity index (χ4v) is 3.32. The van der Waals surface area contributed by atoms with Gasteiger partial charge in [-0.1, -0.05) is 54.1 Å². The van der Waals surface area contributed by atoms with Gasteiger partial charge in [-0.15, -0.1) is 0 Å². The highest BCUT2D eigenvalue weighted by atomic mass is 16.1. The Bertz CT molecular complexity index is 660. The number of carbonyl (C=O) groups excluding carboxylic acids is 1. The predicted octanol–water partition coefficient (Wildman–Crippen LogP) is 4.29. The van der Waals surface area contributed by atoms with Crippen molar-refractivity contribution in [2.24, 2.45) is 0 Å². The van der Waals surface area contributed by atoms with Crippen LogP contribution in [-0.4, -0.2) is 5.91 Å². The van der Waals surface area contributed by atoms with E-state index in [4.69, 9.17) is 0 Å². The molecule has 1 aliphatic rings. The number of benzene rings is 2. The summed E-state index contributed by atoms with van der Waals surface area (Å²) in [4.78, 5) is 12.3. The largest absolute Gasteiger partial charge is 0.350 e.